The van der Waals surface area contributed by atoms with E-state index in [1.807, 2.05) is 6.92 Å². The summed E-state index contributed by atoms with van der Waals surface area (Å²) in [6.07, 6.45) is 1.45. The summed E-state index contributed by atoms with van der Waals surface area (Å²) in [5.41, 5.74) is 7.24. The molecule has 0 aromatic carbocycles. The van der Waals surface area contributed by atoms with Crippen molar-refractivity contribution in [1.29, 1.82) is 0 Å². The number of likely N-dealkylation sites (N-methyl/N-ethyl adjacent to an activating group) is 1. The molecule has 1 aromatic heterocycles. The molecule has 0 radical (unpaired) electrons. The Morgan fingerprint density at radius 3 is 2.84 bits per heavy atom. The van der Waals surface area contributed by atoms with Gasteiger partial charge in [0, 0.05) is 20.1 Å². The molecule has 2 rings (SSSR count). The number of nitrogen functional groups attached to an aromatic ring is 1. The summed E-state index contributed by atoms with van der Waals surface area (Å²) in [5, 5.41) is 6.73. The first-order valence-electron chi connectivity index (χ1n) is 6.40. The lowest BCUT2D eigenvalue weighted by Crippen LogP contribution is -2.38. The first kappa shape index (κ1) is 13.4. The van der Waals surface area contributed by atoms with Gasteiger partial charge in [0.05, 0.1) is 11.4 Å². The number of anilines is 1. The van der Waals surface area contributed by atoms with E-state index in [-0.39, 0.29) is 24.1 Å². The first-order chi connectivity index (χ1) is 9.04. The molecule has 0 unspecified atom stereocenters. The summed E-state index contributed by atoms with van der Waals surface area (Å²) >= 11 is 0. The van der Waals surface area contributed by atoms with Crippen LogP contribution in [-0.4, -0.2) is 58.5 Å². The van der Waals surface area contributed by atoms with E-state index in [0.717, 1.165) is 12.1 Å². The van der Waals surface area contributed by atoms with Crippen LogP contribution in [0.1, 0.15) is 29.5 Å². The second-order valence-corrected chi connectivity index (χ2v) is 4.71. The first-order valence-corrected chi connectivity index (χ1v) is 6.40. The number of aromatic nitrogens is 2. The third-order valence-electron chi connectivity index (χ3n) is 3.40. The van der Waals surface area contributed by atoms with Crippen molar-refractivity contribution in [1.82, 2.24) is 20.0 Å². The van der Waals surface area contributed by atoms with Gasteiger partial charge in [-0.3, -0.25) is 14.7 Å². The van der Waals surface area contributed by atoms with E-state index < -0.39 is 0 Å². The summed E-state index contributed by atoms with van der Waals surface area (Å²) in [7, 11) is 1.74. The van der Waals surface area contributed by atoms with Gasteiger partial charge in [-0.15, -0.1) is 0 Å². The molecule has 3 N–H and O–H groups in total. The van der Waals surface area contributed by atoms with Crippen LogP contribution in [-0.2, 0) is 11.2 Å². The number of carbonyl (C=O) groups is 2. The summed E-state index contributed by atoms with van der Waals surface area (Å²) in [4.78, 5) is 27.3. The average Bonchev–Trinajstić information content (AvgIpc) is 2.68. The Labute approximate surface area is 111 Å². The lowest BCUT2D eigenvalue weighted by atomic mass is 10.2. The van der Waals surface area contributed by atoms with Crippen molar-refractivity contribution < 1.29 is 9.59 Å². The van der Waals surface area contributed by atoms with Gasteiger partial charge in [0.25, 0.3) is 5.91 Å². The van der Waals surface area contributed by atoms with Gasteiger partial charge in [-0.05, 0) is 12.8 Å². The fraction of sp³-hybridized carbons (Fsp3) is 0.583. The molecule has 2 amide bonds. The lowest BCUT2D eigenvalue weighted by Gasteiger charge is -2.18. The minimum atomic E-state index is -0.280. The SMILES string of the molecule is CCc1[nH]nc(C(=O)N2CCCN(C)C(=O)C2)c1N. The van der Waals surface area contributed by atoms with Gasteiger partial charge in [-0.25, -0.2) is 0 Å². The van der Waals surface area contributed by atoms with Crippen LogP contribution in [0.4, 0.5) is 5.69 Å². The highest BCUT2D eigenvalue weighted by Crippen LogP contribution is 2.17. The lowest BCUT2D eigenvalue weighted by molar-refractivity contribution is -0.129. The summed E-state index contributed by atoms with van der Waals surface area (Å²) in [6, 6.07) is 0. The maximum Gasteiger partial charge on any atom is 0.276 e. The molecule has 1 aliphatic heterocycles. The van der Waals surface area contributed by atoms with Crippen molar-refractivity contribution in [3.63, 3.8) is 0 Å². The predicted molar refractivity (Wildman–Crippen MR) is 70.5 cm³/mol. The Balaban J connectivity index is 2.18. The Kier molecular flexibility index (Phi) is 3.73. The standard InChI is InChI=1S/C12H19N5O2/c1-3-8-10(13)11(15-14-8)12(19)17-6-4-5-16(2)9(18)7-17/h3-7,13H2,1-2H3,(H,14,15). The van der Waals surface area contributed by atoms with Gasteiger partial charge in [0.2, 0.25) is 5.91 Å². The van der Waals surface area contributed by atoms with Crippen LogP contribution in [0, 0.1) is 0 Å². The quantitative estimate of drug-likeness (QED) is 0.778. The fourth-order valence-electron chi connectivity index (χ4n) is 2.13. The molecular formula is C12H19N5O2. The topological polar surface area (TPSA) is 95.3 Å². The largest absolute Gasteiger partial charge is 0.395 e. The predicted octanol–water partition coefficient (Wildman–Crippen LogP) is -0.141. The third-order valence-corrected chi connectivity index (χ3v) is 3.40. The Morgan fingerprint density at radius 2 is 2.21 bits per heavy atom. The van der Waals surface area contributed by atoms with Crippen molar-refractivity contribution in [2.45, 2.75) is 19.8 Å². The molecule has 19 heavy (non-hydrogen) atoms. The van der Waals surface area contributed by atoms with Crippen molar-refractivity contribution >= 4 is 17.5 Å². The zero-order chi connectivity index (χ0) is 14.0. The number of carbonyl (C=O) groups excluding carboxylic acids is 2. The van der Waals surface area contributed by atoms with Crippen molar-refractivity contribution in [3.8, 4) is 0 Å². The van der Waals surface area contributed by atoms with Crippen molar-refractivity contribution in [3.05, 3.63) is 11.4 Å². The summed E-state index contributed by atoms with van der Waals surface area (Å²) in [5.74, 6) is -0.340. The van der Waals surface area contributed by atoms with Crippen LogP contribution in [0.15, 0.2) is 0 Å². The van der Waals surface area contributed by atoms with E-state index in [1.165, 1.54) is 4.90 Å². The smallest absolute Gasteiger partial charge is 0.276 e. The number of H-pyrrole nitrogens is 1. The van der Waals surface area contributed by atoms with Crippen LogP contribution in [0.25, 0.3) is 0 Å². The molecule has 104 valence electrons. The number of amides is 2. The fourth-order valence-corrected chi connectivity index (χ4v) is 2.13. The van der Waals surface area contributed by atoms with E-state index in [1.54, 1.807) is 11.9 Å². The summed E-state index contributed by atoms with van der Waals surface area (Å²) in [6.45, 7) is 3.23. The molecule has 1 aliphatic rings. The maximum atomic E-state index is 12.3. The number of hydrogen-bond acceptors (Lipinski definition) is 4. The molecule has 0 aliphatic carbocycles. The highest BCUT2D eigenvalue weighted by atomic mass is 16.2. The maximum absolute atomic E-state index is 12.3. The second kappa shape index (κ2) is 5.29. The van der Waals surface area contributed by atoms with Crippen LogP contribution < -0.4 is 5.73 Å². The minimum Gasteiger partial charge on any atom is -0.395 e. The minimum absolute atomic E-state index is 0.0596. The Bertz CT molecular complexity index is 496. The molecule has 1 aromatic rings. The van der Waals surface area contributed by atoms with E-state index in [0.29, 0.717) is 25.2 Å². The number of hydrogen-bond donors (Lipinski definition) is 2. The Hall–Kier alpha value is -2.05. The summed E-state index contributed by atoms with van der Waals surface area (Å²) < 4.78 is 0. The molecule has 0 spiro atoms. The van der Waals surface area contributed by atoms with Crippen molar-refractivity contribution in [2.24, 2.45) is 0 Å². The second-order valence-electron chi connectivity index (χ2n) is 4.71. The van der Waals surface area contributed by atoms with Crippen LogP contribution >= 0.6 is 0 Å². The molecule has 1 saturated heterocycles. The number of aryl methyl sites for hydroxylation is 1. The van der Waals surface area contributed by atoms with Gasteiger partial charge in [0.1, 0.15) is 6.54 Å². The number of aromatic amines is 1. The number of rotatable bonds is 2. The zero-order valence-electron chi connectivity index (χ0n) is 11.3. The van der Waals surface area contributed by atoms with Gasteiger partial charge < -0.3 is 15.5 Å². The van der Waals surface area contributed by atoms with Crippen LogP contribution in [0.3, 0.4) is 0 Å². The third kappa shape index (κ3) is 2.54. The van der Waals surface area contributed by atoms with E-state index in [4.69, 9.17) is 5.73 Å². The molecular weight excluding hydrogens is 246 g/mol. The number of nitrogens with zero attached hydrogens (tertiary/aromatic N) is 3. The Morgan fingerprint density at radius 1 is 1.47 bits per heavy atom. The van der Waals surface area contributed by atoms with Gasteiger partial charge >= 0.3 is 0 Å². The van der Waals surface area contributed by atoms with E-state index in [2.05, 4.69) is 10.2 Å². The monoisotopic (exact) mass is 265 g/mol. The zero-order valence-corrected chi connectivity index (χ0v) is 11.3. The van der Waals surface area contributed by atoms with E-state index in [9.17, 15) is 9.59 Å². The van der Waals surface area contributed by atoms with Gasteiger partial charge in [0.15, 0.2) is 5.69 Å². The molecule has 1 fully saturated rings. The molecule has 7 heteroatoms. The molecule has 0 saturated carbocycles. The average molecular weight is 265 g/mol. The number of nitrogens with two attached hydrogens (primary N) is 1. The van der Waals surface area contributed by atoms with E-state index >= 15 is 0 Å². The van der Waals surface area contributed by atoms with Crippen LogP contribution in [0.5, 0.6) is 0 Å². The molecule has 7 nitrogen and oxygen atoms in total. The van der Waals surface area contributed by atoms with Gasteiger partial charge in [-0.2, -0.15) is 5.10 Å². The highest BCUT2D eigenvalue weighted by Gasteiger charge is 2.27. The van der Waals surface area contributed by atoms with Crippen LogP contribution in [0.2, 0.25) is 0 Å². The molecule has 0 bridgehead atoms. The molecule has 2 heterocycles. The highest BCUT2D eigenvalue weighted by molar-refractivity contribution is 5.99. The molecule has 0 atom stereocenters. The number of nitrogens with one attached hydrogen (secondary N) is 1. The normalized spacial score (nSPS) is 16.6. The van der Waals surface area contributed by atoms with Gasteiger partial charge in [-0.1, -0.05) is 6.92 Å². The van der Waals surface area contributed by atoms with Crippen molar-refractivity contribution in [2.75, 3.05) is 32.4 Å².